The molecule has 1 heterocycles. The summed E-state index contributed by atoms with van der Waals surface area (Å²) in [6, 6.07) is 7.61. The molecule has 1 amide bonds. The smallest absolute Gasteiger partial charge is 0.326 e. The molecule has 0 aliphatic rings. The molecular weight excluding hydrogens is 310 g/mol. The number of aromatic nitrogens is 2. The van der Waals surface area contributed by atoms with Crippen LogP contribution < -0.4 is 5.32 Å². The summed E-state index contributed by atoms with van der Waals surface area (Å²) in [6.07, 6.45) is 0.350. The second kappa shape index (κ2) is 8.44. The number of benzene rings is 1. The molecule has 0 bridgehead atoms. The number of ether oxygens (including phenoxy) is 2. The molecule has 0 fully saturated rings. The van der Waals surface area contributed by atoms with Crippen molar-refractivity contribution in [3.05, 3.63) is 30.1 Å². The number of methoxy groups -OCH3 is 1. The highest BCUT2D eigenvalue weighted by atomic mass is 16.5. The number of imidazole rings is 1. The Hall–Kier alpha value is -2.41. The first-order chi connectivity index (χ1) is 11.5. The average Bonchev–Trinajstić information content (AvgIpc) is 2.85. The molecule has 0 aliphatic heterocycles. The molecule has 130 valence electrons. The van der Waals surface area contributed by atoms with Gasteiger partial charge in [-0.25, -0.2) is 4.98 Å². The van der Waals surface area contributed by atoms with Crippen LogP contribution in [-0.2, 0) is 32.0 Å². The molecule has 0 aliphatic carbocycles. The molecular formula is C17H23N3O4. The predicted octanol–water partition coefficient (Wildman–Crippen LogP) is 1.29. The fraction of sp³-hybridized carbons (Fsp3) is 0.471. The summed E-state index contributed by atoms with van der Waals surface area (Å²) >= 11 is 0. The third-order valence-corrected chi connectivity index (χ3v) is 3.33. The van der Waals surface area contributed by atoms with Crippen molar-refractivity contribution >= 4 is 22.9 Å². The highest BCUT2D eigenvalue weighted by molar-refractivity contribution is 5.79. The van der Waals surface area contributed by atoms with E-state index >= 15 is 0 Å². The van der Waals surface area contributed by atoms with Crippen LogP contribution in [-0.4, -0.2) is 47.8 Å². The molecule has 0 saturated heterocycles. The zero-order valence-electron chi connectivity index (χ0n) is 14.2. The molecule has 1 N–H and O–H groups in total. The van der Waals surface area contributed by atoms with Crippen LogP contribution in [0.15, 0.2) is 24.3 Å². The van der Waals surface area contributed by atoms with E-state index in [-0.39, 0.29) is 31.1 Å². The zero-order valence-corrected chi connectivity index (χ0v) is 14.2. The Labute approximate surface area is 141 Å². The van der Waals surface area contributed by atoms with Gasteiger partial charge in [0, 0.05) is 20.1 Å². The second-order valence-electron chi connectivity index (χ2n) is 5.67. The minimum Gasteiger partial charge on any atom is -0.462 e. The number of amides is 1. The molecule has 0 spiro atoms. The Kier molecular flexibility index (Phi) is 6.31. The quantitative estimate of drug-likeness (QED) is 0.736. The molecule has 0 unspecified atom stereocenters. The zero-order chi connectivity index (χ0) is 17.5. The lowest BCUT2D eigenvalue weighted by Crippen LogP contribution is -2.29. The van der Waals surface area contributed by atoms with E-state index in [2.05, 4.69) is 10.3 Å². The van der Waals surface area contributed by atoms with E-state index in [0.717, 1.165) is 16.9 Å². The van der Waals surface area contributed by atoms with E-state index in [1.165, 1.54) is 7.11 Å². The lowest BCUT2D eigenvalue weighted by atomic mass is 10.3. The van der Waals surface area contributed by atoms with Crippen LogP contribution in [0.1, 0.15) is 19.7 Å². The van der Waals surface area contributed by atoms with E-state index in [9.17, 15) is 9.59 Å². The van der Waals surface area contributed by atoms with Gasteiger partial charge < -0.3 is 19.4 Å². The van der Waals surface area contributed by atoms with Crippen molar-refractivity contribution in [2.45, 2.75) is 32.9 Å². The summed E-state index contributed by atoms with van der Waals surface area (Å²) in [4.78, 5) is 28.0. The Morgan fingerprint density at radius 3 is 2.75 bits per heavy atom. The monoisotopic (exact) mass is 333 g/mol. The first kappa shape index (κ1) is 17.9. The Bertz CT molecular complexity index is 709. The maximum Gasteiger partial charge on any atom is 0.326 e. The van der Waals surface area contributed by atoms with Crippen LogP contribution in [0.25, 0.3) is 11.0 Å². The van der Waals surface area contributed by atoms with E-state index in [1.807, 2.05) is 42.7 Å². The standard InChI is InChI=1S/C17H23N3O4/c1-12(2)24-17(22)10-20-14-7-5-4-6-13(14)19-15(20)8-9-18-16(21)11-23-3/h4-7,12H,8-11H2,1-3H3,(H,18,21). The van der Waals surface area contributed by atoms with E-state index in [1.54, 1.807) is 0 Å². The van der Waals surface area contributed by atoms with Gasteiger partial charge in [0.05, 0.1) is 17.1 Å². The molecule has 0 atom stereocenters. The van der Waals surface area contributed by atoms with Gasteiger partial charge in [0.15, 0.2) is 0 Å². The summed E-state index contributed by atoms with van der Waals surface area (Å²) in [5.41, 5.74) is 1.68. The Morgan fingerprint density at radius 1 is 1.29 bits per heavy atom. The molecule has 2 aromatic rings. The number of carbonyl (C=O) groups is 2. The third kappa shape index (κ3) is 4.79. The van der Waals surface area contributed by atoms with Crippen molar-refractivity contribution in [1.82, 2.24) is 14.9 Å². The normalized spacial score (nSPS) is 11.0. The lowest BCUT2D eigenvalue weighted by molar-refractivity contribution is -0.148. The number of carbonyl (C=O) groups excluding carboxylic acids is 2. The van der Waals surface area contributed by atoms with Crippen molar-refractivity contribution in [3.8, 4) is 0 Å². The molecule has 0 radical (unpaired) electrons. The van der Waals surface area contributed by atoms with Crippen molar-refractivity contribution < 1.29 is 19.1 Å². The maximum atomic E-state index is 12.0. The maximum absolute atomic E-state index is 12.0. The number of hydrogen-bond acceptors (Lipinski definition) is 5. The summed E-state index contributed by atoms with van der Waals surface area (Å²) in [7, 11) is 1.47. The van der Waals surface area contributed by atoms with Crippen LogP contribution in [0.5, 0.6) is 0 Å². The van der Waals surface area contributed by atoms with Crippen LogP contribution in [0, 0.1) is 0 Å². The van der Waals surface area contributed by atoms with Gasteiger partial charge in [-0.1, -0.05) is 12.1 Å². The van der Waals surface area contributed by atoms with Crippen LogP contribution in [0.2, 0.25) is 0 Å². The van der Waals surface area contributed by atoms with Crippen molar-refractivity contribution in [1.29, 1.82) is 0 Å². The Balaban J connectivity index is 2.14. The molecule has 24 heavy (non-hydrogen) atoms. The largest absolute Gasteiger partial charge is 0.462 e. The highest BCUT2D eigenvalue weighted by Gasteiger charge is 2.15. The number of esters is 1. The minimum atomic E-state index is -0.308. The predicted molar refractivity (Wildman–Crippen MR) is 89.6 cm³/mol. The van der Waals surface area contributed by atoms with Gasteiger partial charge in [-0.05, 0) is 26.0 Å². The molecule has 1 aromatic heterocycles. The summed E-state index contributed by atoms with van der Waals surface area (Å²) in [5, 5.41) is 2.76. The van der Waals surface area contributed by atoms with Gasteiger partial charge in [0.25, 0.3) is 0 Å². The van der Waals surface area contributed by atoms with Crippen LogP contribution in [0.3, 0.4) is 0 Å². The minimum absolute atomic E-state index is 0.0249. The first-order valence-corrected chi connectivity index (χ1v) is 7.90. The molecule has 2 rings (SSSR count). The number of hydrogen-bond donors (Lipinski definition) is 1. The van der Waals surface area contributed by atoms with Gasteiger partial charge in [-0.2, -0.15) is 0 Å². The SMILES string of the molecule is COCC(=O)NCCc1nc2ccccc2n1CC(=O)OC(C)C. The summed E-state index contributed by atoms with van der Waals surface area (Å²) in [6.45, 7) is 4.17. The van der Waals surface area contributed by atoms with Crippen LogP contribution >= 0.6 is 0 Å². The number of nitrogens with one attached hydrogen (secondary N) is 1. The van der Waals surface area contributed by atoms with Gasteiger partial charge >= 0.3 is 5.97 Å². The average molecular weight is 333 g/mol. The van der Waals surface area contributed by atoms with Gasteiger partial charge in [-0.15, -0.1) is 0 Å². The van der Waals surface area contributed by atoms with Crippen molar-refractivity contribution in [3.63, 3.8) is 0 Å². The van der Waals surface area contributed by atoms with Crippen LogP contribution in [0.4, 0.5) is 0 Å². The lowest BCUT2D eigenvalue weighted by Gasteiger charge is -2.11. The van der Waals surface area contributed by atoms with Crippen molar-refractivity contribution in [2.24, 2.45) is 0 Å². The third-order valence-electron chi connectivity index (χ3n) is 3.33. The molecule has 7 nitrogen and oxygen atoms in total. The first-order valence-electron chi connectivity index (χ1n) is 7.90. The van der Waals surface area contributed by atoms with Crippen molar-refractivity contribution in [2.75, 3.05) is 20.3 Å². The van der Waals surface area contributed by atoms with Gasteiger partial charge in [0.1, 0.15) is 19.0 Å². The fourth-order valence-corrected chi connectivity index (χ4v) is 2.42. The number of rotatable bonds is 8. The molecule has 7 heteroatoms. The summed E-state index contributed by atoms with van der Waals surface area (Å²) in [5.74, 6) is 0.242. The van der Waals surface area contributed by atoms with E-state index in [4.69, 9.17) is 9.47 Å². The fourth-order valence-electron chi connectivity index (χ4n) is 2.42. The number of para-hydroxylation sites is 2. The Morgan fingerprint density at radius 2 is 2.04 bits per heavy atom. The molecule has 0 saturated carbocycles. The number of nitrogens with zero attached hydrogens (tertiary/aromatic N) is 2. The van der Waals surface area contributed by atoms with E-state index < -0.39 is 0 Å². The number of fused-ring (bicyclic) bond motifs is 1. The topological polar surface area (TPSA) is 82.5 Å². The van der Waals surface area contributed by atoms with E-state index in [0.29, 0.717) is 13.0 Å². The molecule has 1 aromatic carbocycles. The summed E-state index contributed by atoms with van der Waals surface area (Å²) < 4.78 is 11.8. The van der Waals surface area contributed by atoms with Gasteiger partial charge in [0.2, 0.25) is 5.91 Å². The second-order valence-corrected chi connectivity index (χ2v) is 5.67. The highest BCUT2D eigenvalue weighted by Crippen LogP contribution is 2.16. The van der Waals surface area contributed by atoms with Gasteiger partial charge in [-0.3, -0.25) is 9.59 Å².